The lowest BCUT2D eigenvalue weighted by Gasteiger charge is -2.50. The summed E-state index contributed by atoms with van der Waals surface area (Å²) in [6.07, 6.45) is 5.69. The average molecular weight is 322 g/mol. The molecule has 0 atom stereocenters. The van der Waals surface area contributed by atoms with Crippen molar-refractivity contribution >= 4 is 15.9 Å². The van der Waals surface area contributed by atoms with E-state index in [4.69, 9.17) is 0 Å². The van der Waals surface area contributed by atoms with Crippen LogP contribution >= 0.6 is 15.9 Å². The van der Waals surface area contributed by atoms with E-state index in [-0.39, 0.29) is 0 Å². The fourth-order valence-electron chi connectivity index (χ4n) is 3.82. The second-order valence-corrected chi connectivity index (χ2v) is 7.99. The van der Waals surface area contributed by atoms with Crippen LogP contribution in [0.2, 0.25) is 0 Å². The van der Waals surface area contributed by atoms with Crippen molar-refractivity contribution in [3.05, 3.63) is 34.3 Å². The largest absolute Gasteiger partial charge is 0.316 e. The van der Waals surface area contributed by atoms with Crippen LogP contribution in [0, 0.1) is 11.3 Å². The molecule has 1 N–H and O–H groups in total. The zero-order chi connectivity index (χ0) is 13.5. The molecule has 0 unspecified atom stereocenters. The van der Waals surface area contributed by atoms with Crippen molar-refractivity contribution in [1.29, 1.82) is 0 Å². The lowest BCUT2D eigenvalue weighted by Crippen LogP contribution is -2.50. The van der Waals surface area contributed by atoms with Crippen LogP contribution in [-0.2, 0) is 5.41 Å². The number of benzene rings is 1. The van der Waals surface area contributed by atoms with Crippen molar-refractivity contribution in [2.45, 2.75) is 44.9 Å². The number of halogens is 1. The maximum absolute atomic E-state index is 3.76. The van der Waals surface area contributed by atoms with E-state index in [1.807, 2.05) is 0 Å². The molecule has 2 heteroatoms. The van der Waals surface area contributed by atoms with Gasteiger partial charge in [-0.05, 0) is 55.2 Å². The van der Waals surface area contributed by atoms with Crippen molar-refractivity contribution < 1.29 is 0 Å². The third-order valence-electron chi connectivity index (χ3n) is 4.85. The number of nitrogens with one attached hydrogen (secondary N) is 1. The minimum absolute atomic E-state index is 0.380. The summed E-state index contributed by atoms with van der Waals surface area (Å²) in [4.78, 5) is 0. The highest BCUT2D eigenvalue weighted by Crippen LogP contribution is 2.69. The summed E-state index contributed by atoms with van der Waals surface area (Å²) in [6.45, 7) is 6.82. The van der Waals surface area contributed by atoms with Crippen LogP contribution in [0.4, 0.5) is 0 Å². The van der Waals surface area contributed by atoms with Crippen molar-refractivity contribution in [1.82, 2.24) is 5.32 Å². The summed E-state index contributed by atoms with van der Waals surface area (Å²) in [6, 6.07) is 8.81. The molecule has 1 aromatic carbocycles. The highest BCUT2D eigenvalue weighted by molar-refractivity contribution is 9.10. The number of hydrogen-bond acceptors (Lipinski definition) is 1. The molecule has 2 fully saturated rings. The lowest BCUT2D eigenvalue weighted by molar-refractivity contribution is 0.114. The lowest BCUT2D eigenvalue weighted by atomic mass is 9.56. The summed E-state index contributed by atoms with van der Waals surface area (Å²) in [7, 11) is 0. The summed E-state index contributed by atoms with van der Waals surface area (Å²) in [5.74, 6) is 0.728. The van der Waals surface area contributed by atoms with E-state index < -0.39 is 0 Å². The van der Waals surface area contributed by atoms with Crippen molar-refractivity contribution in [3.63, 3.8) is 0 Å². The first-order valence-corrected chi connectivity index (χ1v) is 8.30. The van der Waals surface area contributed by atoms with Crippen molar-refractivity contribution in [3.8, 4) is 0 Å². The van der Waals surface area contributed by atoms with Gasteiger partial charge in [-0.25, -0.2) is 0 Å². The standard InChI is InChI=1S/C17H24BrN/c1-13(2)9-19-12-17(10-16(11-17)7-8-16)14-5-3-4-6-15(14)18/h3-6,13,19H,7-12H2,1-2H3. The van der Waals surface area contributed by atoms with Crippen LogP contribution in [0.3, 0.4) is 0 Å². The van der Waals surface area contributed by atoms with E-state index in [2.05, 4.69) is 59.4 Å². The maximum atomic E-state index is 3.76. The topological polar surface area (TPSA) is 12.0 Å². The van der Waals surface area contributed by atoms with E-state index in [1.54, 1.807) is 0 Å². The minimum atomic E-state index is 0.380. The van der Waals surface area contributed by atoms with Crippen LogP contribution in [0.5, 0.6) is 0 Å². The first-order valence-electron chi connectivity index (χ1n) is 7.51. The summed E-state index contributed by atoms with van der Waals surface area (Å²) < 4.78 is 1.29. The fourth-order valence-corrected chi connectivity index (χ4v) is 4.52. The van der Waals surface area contributed by atoms with E-state index in [0.29, 0.717) is 5.41 Å². The molecule has 0 aromatic heterocycles. The molecule has 19 heavy (non-hydrogen) atoms. The molecule has 0 bridgehead atoms. The zero-order valence-electron chi connectivity index (χ0n) is 12.0. The number of rotatable bonds is 5. The highest BCUT2D eigenvalue weighted by atomic mass is 79.9. The van der Waals surface area contributed by atoms with Gasteiger partial charge >= 0.3 is 0 Å². The predicted molar refractivity (Wildman–Crippen MR) is 84.4 cm³/mol. The first kappa shape index (κ1) is 13.6. The molecule has 2 aliphatic rings. The second kappa shape index (κ2) is 4.89. The van der Waals surface area contributed by atoms with Crippen molar-refractivity contribution in [2.24, 2.45) is 11.3 Å². The summed E-state index contributed by atoms with van der Waals surface area (Å²) >= 11 is 3.76. The Morgan fingerprint density at radius 3 is 2.47 bits per heavy atom. The second-order valence-electron chi connectivity index (χ2n) is 7.14. The van der Waals surface area contributed by atoms with Gasteiger partial charge in [-0.2, -0.15) is 0 Å². The minimum Gasteiger partial charge on any atom is -0.316 e. The molecule has 0 aliphatic heterocycles. The molecular formula is C17H24BrN. The average Bonchev–Trinajstić information content (AvgIpc) is 3.08. The van der Waals surface area contributed by atoms with Crippen LogP contribution in [0.1, 0.15) is 45.1 Å². The summed E-state index contributed by atoms with van der Waals surface area (Å²) in [5.41, 5.74) is 2.63. The van der Waals surface area contributed by atoms with Crippen LogP contribution in [0.25, 0.3) is 0 Å². The smallest absolute Gasteiger partial charge is 0.0213 e. The monoisotopic (exact) mass is 321 g/mol. The van der Waals surface area contributed by atoms with Gasteiger partial charge in [0, 0.05) is 16.4 Å². The van der Waals surface area contributed by atoms with Crippen LogP contribution in [-0.4, -0.2) is 13.1 Å². The highest BCUT2D eigenvalue weighted by Gasteiger charge is 2.61. The molecule has 2 saturated carbocycles. The normalized spacial score (nSPS) is 22.5. The summed E-state index contributed by atoms with van der Waals surface area (Å²) in [5, 5.41) is 3.70. The van der Waals surface area contributed by atoms with Gasteiger partial charge in [-0.15, -0.1) is 0 Å². The Balaban J connectivity index is 1.76. The van der Waals surface area contributed by atoms with Gasteiger partial charge < -0.3 is 5.32 Å². The SMILES string of the molecule is CC(C)CNCC1(c2ccccc2Br)CC2(CC2)C1. The third-order valence-corrected chi connectivity index (χ3v) is 5.54. The Kier molecular flexibility index (Phi) is 3.51. The molecule has 1 nitrogen and oxygen atoms in total. The van der Waals surface area contributed by atoms with Gasteiger partial charge in [0.15, 0.2) is 0 Å². The molecule has 1 spiro atoms. The molecule has 0 saturated heterocycles. The molecular weight excluding hydrogens is 298 g/mol. The Morgan fingerprint density at radius 1 is 1.21 bits per heavy atom. The molecule has 104 valence electrons. The van der Waals surface area contributed by atoms with Crippen LogP contribution < -0.4 is 5.32 Å². The van der Waals surface area contributed by atoms with Crippen LogP contribution in [0.15, 0.2) is 28.7 Å². The van der Waals surface area contributed by atoms with Gasteiger partial charge in [0.05, 0.1) is 0 Å². The molecule has 1 aromatic rings. The van der Waals surface area contributed by atoms with E-state index >= 15 is 0 Å². The third kappa shape index (κ3) is 2.62. The van der Waals surface area contributed by atoms with Gasteiger partial charge in [-0.3, -0.25) is 0 Å². The van der Waals surface area contributed by atoms with Gasteiger partial charge in [0.2, 0.25) is 0 Å². The van der Waals surface area contributed by atoms with Gasteiger partial charge in [0.1, 0.15) is 0 Å². The Bertz CT molecular complexity index is 454. The van der Waals surface area contributed by atoms with Gasteiger partial charge in [-0.1, -0.05) is 48.0 Å². The first-order chi connectivity index (χ1) is 9.05. The molecule has 0 heterocycles. The maximum Gasteiger partial charge on any atom is 0.0213 e. The molecule has 2 aliphatic carbocycles. The quantitative estimate of drug-likeness (QED) is 0.841. The van der Waals surface area contributed by atoms with E-state index in [0.717, 1.165) is 24.4 Å². The van der Waals surface area contributed by atoms with E-state index in [1.165, 1.54) is 35.7 Å². The number of hydrogen-bond donors (Lipinski definition) is 1. The molecule has 0 radical (unpaired) electrons. The zero-order valence-corrected chi connectivity index (χ0v) is 13.6. The molecule has 3 rings (SSSR count). The Morgan fingerprint density at radius 2 is 1.89 bits per heavy atom. The fraction of sp³-hybridized carbons (Fsp3) is 0.647. The molecule has 0 amide bonds. The van der Waals surface area contributed by atoms with Crippen molar-refractivity contribution in [2.75, 3.05) is 13.1 Å². The predicted octanol–water partition coefficient (Wildman–Crippen LogP) is 4.51. The Hall–Kier alpha value is -0.340. The van der Waals surface area contributed by atoms with Gasteiger partial charge in [0.25, 0.3) is 0 Å². The van der Waals surface area contributed by atoms with E-state index in [9.17, 15) is 0 Å². The Labute approximate surface area is 125 Å².